The molecule has 142 valence electrons. The van der Waals surface area contributed by atoms with Crippen molar-refractivity contribution in [1.29, 1.82) is 0 Å². The molecule has 1 aromatic heterocycles. The van der Waals surface area contributed by atoms with E-state index in [1.165, 1.54) is 12.8 Å². The lowest BCUT2D eigenvalue weighted by molar-refractivity contribution is -0.144. The Kier molecular flexibility index (Phi) is 5.26. The van der Waals surface area contributed by atoms with Gasteiger partial charge in [0, 0.05) is 38.4 Å². The standard InChI is InChI=1S/C19H28N4O3/c24-17-14-22-7-3-6-16(22)18(19(25)20-15-4-1-2-5-15)23(17)9-8-21-10-12-26-13-11-21/h3,6-7,15,18H,1-2,4-5,8-14H2,(H,20,25). The Labute approximate surface area is 154 Å². The van der Waals surface area contributed by atoms with E-state index >= 15 is 0 Å². The highest BCUT2D eigenvalue weighted by atomic mass is 16.5. The summed E-state index contributed by atoms with van der Waals surface area (Å²) in [6.45, 7) is 4.92. The van der Waals surface area contributed by atoms with Crippen LogP contribution in [0.25, 0.3) is 0 Å². The molecule has 2 amide bonds. The maximum Gasteiger partial charge on any atom is 0.249 e. The first kappa shape index (κ1) is 17.5. The predicted molar refractivity (Wildman–Crippen MR) is 96.5 cm³/mol. The highest BCUT2D eigenvalue weighted by Crippen LogP contribution is 2.28. The number of carbonyl (C=O) groups is 2. The van der Waals surface area contributed by atoms with Crippen LogP contribution in [-0.2, 0) is 20.9 Å². The molecular formula is C19H28N4O3. The molecule has 26 heavy (non-hydrogen) atoms. The quantitative estimate of drug-likeness (QED) is 0.842. The fourth-order valence-electron chi connectivity index (χ4n) is 4.31. The van der Waals surface area contributed by atoms with Gasteiger partial charge in [0.15, 0.2) is 6.04 Å². The third-order valence-corrected chi connectivity index (χ3v) is 5.79. The Bertz CT molecular complexity index is 647. The second kappa shape index (κ2) is 7.80. The van der Waals surface area contributed by atoms with Crippen LogP contribution in [0.1, 0.15) is 37.4 Å². The van der Waals surface area contributed by atoms with E-state index in [9.17, 15) is 9.59 Å². The molecule has 0 spiro atoms. The van der Waals surface area contributed by atoms with Gasteiger partial charge >= 0.3 is 0 Å². The SMILES string of the molecule is O=C(NC1CCCC1)C1c2cccn2CC(=O)N1CCN1CCOCC1. The van der Waals surface area contributed by atoms with Crippen molar-refractivity contribution in [2.45, 2.75) is 44.3 Å². The van der Waals surface area contributed by atoms with Crippen molar-refractivity contribution >= 4 is 11.8 Å². The molecule has 1 aliphatic carbocycles. The van der Waals surface area contributed by atoms with Gasteiger partial charge in [0.05, 0.1) is 18.9 Å². The lowest BCUT2D eigenvalue weighted by atomic mass is 10.1. The lowest BCUT2D eigenvalue weighted by Crippen LogP contribution is -2.52. The summed E-state index contributed by atoms with van der Waals surface area (Å²) < 4.78 is 7.30. The minimum absolute atomic E-state index is 0.0218. The molecule has 1 N–H and O–H groups in total. The highest BCUT2D eigenvalue weighted by Gasteiger charge is 2.38. The van der Waals surface area contributed by atoms with E-state index in [4.69, 9.17) is 4.74 Å². The zero-order chi connectivity index (χ0) is 17.9. The summed E-state index contributed by atoms with van der Waals surface area (Å²) in [5.41, 5.74) is 0.919. The van der Waals surface area contributed by atoms with Gasteiger partial charge in [0.25, 0.3) is 0 Å². The van der Waals surface area contributed by atoms with Crippen molar-refractivity contribution in [3.8, 4) is 0 Å². The van der Waals surface area contributed by atoms with Gasteiger partial charge in [-0.1, -0.05) is 12.8 Å². The number of rotatable bonds is 5. The van der Waals surface area contributed by atoms with Gasteiger partial charge in [0.1, 0.15) is 6.54 Å². The molecule has 1 saturated heterocycles. The van der Waals surface area contributed by atoms with Crippen LogP contribution in [-0.4, -0.2) is 71.6 Å². The number of nitrogens with zero attached hydrogens (tertiary/aromatic N) is 3. The molecule has 4 rings (SSSR count). The average molecular weight is 360 g/mol. The van der Waals surface area contributed by atoms with Crippen molar-refractivity contribution in [2.24, 2.45) is 0 Å². The lowest BCUT2D eigenvalue weighted by Gasteiger charge is -2.38. The van der Waals surface area contributed by atoms with Crippen molar-refractivity contribution in [2.75, 3.05) is 39.4 Å². The van der Waals surface area contributed by atoms with Gasteiger partial charge in [-0.2, -0.15) is 0 Å². The highest BCUT2D eigenvalue weighted by molar-refractivity contribution is 5.90. The molecule has 2 fully saturated rings. The Balaban J connectivity index is 1.49. The van der Waals surface area contributed by atoms with Gasteiger partial charge in [-0.3, -0.25) is 14.5 Å². The van der Waals surface area contributed by atoms with E-state index in [-0.39, 0.29) is 17.9 Å². The van der Waals surface area contributed by atoms with Crippen LogP contribution in [0, 0.1) is 0 Å². The first-order valence-electron chi connectivity index (χ1n) is 9.77. The van der Waals surface area contributed by atoms with Crippen LogP contribution in [0.3, 0.4) is 0 Å². The maximum atomic E-state index is 13.1. The van der Waals surface area contributed by atoms with Gasteiger partial charge in [-0.05, 0) is 25.0 Å². The average Bonchev–Trinajstić information content (AvgIpc) is 3.31. The summed E-state index contributed by atoms with van der Waals surface area (Å²) in [5, 5.41) is 3.19. The van der Waals surface area contributed by atoms with E-state index in [2.05, 4.69) is 10.2 Å². The molecule has 1 unspecified atom stereocenters. The Morgan fingerprint density at radius 2 is 1.96 bits per heavy atom. The first-order valence-corrected chi connectivity index (χ1v) is 9.77. The van der Waals surface area contributed by atoms with Gasteiger partial charge < -0.3 is 19.5 Å². The van der Waals surface area contributed by atoms with E-state index in [0.29, 0.717) is 13.1 Å². The normalized spacial score (nSPS) is 24.7. The molecule has 0 radical (unpaired) electrons. The largest absolute Gasteiger partial charge is 0.379 e. The van der Waals surface area contributed by atoms with Gasteiger partial charge in [-0.25, -0.2) is 0 Å². The molecule has 2 aliphatic heterocycles. The predicted octanol–water partition coefficient (Wildman–Crippen LogP) is 0.762. The smallest absolute Gasteiger partial charge is 0.249 e. The van der Waals surface area contributed by atoms with Crippen LogP contribution < -0.4 is 5.32 Å². The zero-order valence-corrected chi connectivity index (χ0v) is 15.2. The molecule has 7 nitrogen and oxygen atoms in total. The topological polar surface area (TPSA) is 66.8 Å². The zero-order valence-electron chi connectivity index (χ0n) is 15.2. The Hall–Kier alpha value is -1.86. The molecular weight excluding hydrogens is 332 g/mol. The second-order valence-corrected chi connectivity index (χ2v) is 7.49. The van der Waals surface area contributed by atoms with E-state index in [1.54, 1.807) is 4.90 Å². The molecule has 0 aromatic carbocycles. The minimum atomic E-state index is -0.520. The third kappa shape index (κ3) is 3.64. The van der Waals surface area contributed by atoms with Crippen LogP contribution in [0.2, 0.25) is 0 Å². The number of fused-ring (bicyclic) bond motifs is 1. The summed E-state index contributed by atoms with van der Waals surface area (Å²) in [5.74, 6) is -0.0135. The third-order valence-electron chi connectivity index (χ3n) is 5.79. The Morgan fingerprint density at radius 1 is 1.19 bits per heavy atom. The molecule has 0 bridgehead atoms. The van der Waals surface area contributed by atoms with Gasteiger partial charge in [-0.15, -0.1) is 0 Å². The number of aromatic nitrogens is 1. The number of hydrogen-bond acceptors (Lipinski definition) is 4. The minimum Gasteiger partial charge on any atom is -0.379 e. The molecule has 1 atom stereocenters. The number of hydrogen-bond donors (Lipinski definition) is 1. The summed E-state index contributed by atoms with van der Waals surface area (Å²) in [7, 11) is 0. The number of carbonyl (C=O) groups excluding carboxylic acids is 2. The fourth-order valence-corrected chi connectivity index (χ4v) is 4.31. The summed E-state index contributed by atoms with van der Waals surface area (Å²) >= 11 is 0. The van der Waals surface area contributed by atoms with Crippen molar-refractivity contribution in [3.63, 3.8) is 0 Å². The van der Waals surface area contributed by atoms with Crippen LogP contribution in [0.15, 0.2) is 18.3 Å². The van der Waals surface area contributed by atoms with Crippen LogP contribution in [0.5, 0.6) is 0 Å². The molecule has 3 heterocycles. The number of morpholine rings is 1. The first-order chi connectivity index (χ1) is 12.7. The molecule has 7 heteroatoms. The number of nitrogens with one attached hydrogen (secondary N) is 1. The summed E-state index contributed by atoms with van der Waals surface area (Å²) in [6.07, 6.45) is 6.32. The summed E-state index contributed by atoms with van der Waals surface area (Å²) in [6, 6.07) is 3.62. The maximum absolute atomic E-state index is 13.1. The number of ether oxygens (including phenoxy) is 1. The van der Waals surface area contributed by atoms with Crippen molar-refractivity contribution in [1.82, 2.24) is 19.7 Å². The monoisotopic (exact) mass is 360 g/mol. The fraction of sp³-hybridized carbons (Fsp3) is 0.684. The number of amides is 2. The van der Waals surface area contributed by atoms with E-state index in [0.717, 1.165) is 51.4 Å². The molecule has 3 aliphatic rings. The van der Waals surface area contributed by atoms with Crippen LogP contribution >= 0.6 is 0 Å². The van der Waals surface area contributed by atoms with Crippen molar-refractivity contribution < 1.29 is 14.3 Å². The molecule has 1 saturated carbocycles. The Morgan fingerprint density at radius 3 is 2.73 bits per heavy atom. The summed E-state index contributed by atoms with van der Waals surface area (Å²) in [4.78, 5) is 29.9. The molecule has 1 aromatic rings. The van der Waals surface area contributed by atoms with E-state index in [1.807, 2.05) is 22.9 Å². The van der Waals surface area contributed by atoms with Crippen LogP contribution in [0.4, 0.5) is 0 Å². The van der Waals surface area contributed by atoms with Crippen molar-refractivity contribution in [3.05, 3.63) is 24.0 Å². The van der Waals surface area contributed by atoms with Gasteiger partial charge in [0.2, 0.25) is 11.8 Å². The van der Waals surface area contributed by atoms with E-state index < -0.39 is 6.04 Å². The second-order valence-electron chi connectivity index (χ2n) is 7.49.